The van der Waals surface area contributed by atoms with Gasteiger partial charge in [-0.2, -0.15) is 0 Å². The number of aryl methyl sites for hydroxylation is 1. The van der Waals surface area contributed by atoms with Crippen LogP contribution in [0.25, 0.3) is 0 Å². The van der Waals surface area contributed by atoms with E-state index in [0.29, 0.717) is 0 Å². The van der Waals surface area contributed by atoms with Gasteiger partial charge in [0, 0.05) is 13.7 Å². The molecule has 0 bridgehead atoms. The molecule has 0 saturated heterocycles. The summed E-state index contributed by atoms with van der Waals surface area (Å²) in [6.07, 6.45) is 2.85. The molecule has 0 aliphatic carbocycles. The van der Waals surface area contributed by atoms with Crippen molar-refractivity contribution in [2.75, 3.05) is 14.2 Å². The van der Waals surface area contributed by atoms with Crippen LogP contribution in [0.3, 0.4) is 0 Å². The summed E-state index contributed by atoms with van der Waals surface area (Å²) in [6, 6.07) is 0.0825. The Kier molecular flexibility index (Phi) is 4.44. The van der Waals surface area contributed by atoms with E-state index >= 15 is 0 Å². The maximum atomic E-state index is 5.52. The molecular formula is C11H22N4O. The molecule has 92 valence electrons. The number of hydrogen-bond acceptors (Lipinski definition) is 4. The predicted molar refractivity (Wildman–Crippen MR) is 63.2 cm³/mol. The summed E-state index contributed by atoms with van der Waals surface area (Å²) in [5.41, 5.74) is 0.776. The molecule has 0 spiro atoms. The second-order valence-corrected chi connectivity index (χ2v) is 4.41. The lowest BCUT2D eigenvalue weighted by atomic mass is 9.96. The van der Waals surface area contributed by atoms with E-state index in [2.05, 4.69) is 36.4 Å². The van der Waals surface area contributed by atoms with Crippen molar-refractivity contribution < 1.29 is 4.74 Å². The number of aromatic nitrogens is 3. The zero-order chi connectivity index (χ0) is 12.2. The van der Waals surface area contributed by atoms with Crippen molar-refractivity contribution in [2.45, 2.75) is 45.4 Å². The highest BCUT2D eigenvalue weighted by atomic mass is 16.5. The monoisotopic (exact) mass is 226 g/mol. The Morgan fingerprint density at radius 3 is 2.75 bits per heavy atom. The average molecular weight is 226 g/mol. The van der Waals surface area contributed by atoms with Crippen LogP contribution < -0.4 is 5.32 Å². The summed E-state index contributed by atoms with van der Waals surface area (Å²) in [7, 11) is 3.65. The highest BCUT2D eigenvalue weighted by Crippen LogP contribution is 2.27. The van der Waals surface area contributed by atoms with Crippen LogP contribution in [0.15, 0.2) is 6.20 Å². The number of likely N-dealkylation sites (N-methyl/N-ethyl adjacent to an activating group) is 1. The topological polar surface area (TPSA) is 52.0 Å². The zero-order valence-electron chi connectivity index (χ0n) is 10.8. The maximum absolute atomic E-state index is 5.52. The van der Waals surface area contributed by atoms with Crippen LogP contribution in [0.5, 0.6) is 0 Å². The van der Waals surface area contributed by atoms with Crippen LogP contribution in [0.4, 0.5) is 0 Å². The van der Waals surface area contributed by atoms with Gasteiger partial charge in [-0.05, 0) is 27.3 Å². The third-order valence-corrected chi connectivity index (χ3v) is 2.89. The van der Waals surface area contributed by atoms with E-state index in [-0.39, 0.29) is 11.6 Å². The van der Waals surface area contributed by atoms with E-state index in [4.69, 9.17) is 4.74 Å². The van der Waals surface area contributed by atoms with Crippen LogP contribution in [0.2, 0.25) is 0 Å². The van der Waals surface area contributed by atoms with Gasteiger partial charge in [-0.15, -0.1) is 5.10 Å². The van der Waals surface area contributed by atoms with Gasteiger partial charge in [0.15, 0.2) is 0 Å². The first-order chi connectivity index (χ1) is 7.56. The molecule has 1 atom stereocenters. The van der Waals surface area contributed by atoms with Gasteiger partial charge in [0.1, 0.15) is 0 Å². The largest absolute Gasteiger partial charge is 0.377 e. The number of rotatable bonds is 6. The Morgan fingerprint density at radius 1 is 1.56 bits per heavy atom. The molecule has 0 fully saturated rings. The molecule has 1 aromatic heterocycles. The van der Waals surface area contributed by atoms with Crippen molar-refractivity contribution in [1.29, 1.82) is 0 Å². The summed E-state index contributed by atoms with van der Waals surface area (Å²) in [6.45, 7) is 7.11. The lowest BCUT2D eigenvalue weighted by molar-refractivity contribution is -0.0114. The fourth-order valence-corrected chi connectivity index (χ4v) is 1.84. The molecular weight excluding hydrogens is 204 g/mol. The van der Waals surface area contributed by atoms with E-state index in [9.17, 15) is 0 Å². The summed E-state index contributed by atoms with van der Waals surface area (Å²) >= 11 is 0. The van der Waals surface area contributed by atoms with Crippen molar-refractivity contribution in [3.05, 3.63) is 11.9 Å². The number of hydrogen-bond donors (Lipinski definition) is 1. The summed E-state index contributed by atoms with van der Waals surface area (Å²) < 4.78 is 7.45. The highest BCUT2D eigenvalue weighted by Gasteiger charge is 2.32. The lowest BCUT2D eigenvalue weighted by Crippen LogP contribution is -2.40. The standard InChI is InChI=1S/C11H22N4O/c1-6-7-15-9(8-13-14-15)10(12-4)11(2,3)16-5/h8,10,12H,6-7H2,1-5H3. The Bertz CT molecular complexity index is 322. The third kappa shape index (κ3) is 2.59. The van der Waals surface area contributed by atoms with Crippen molar-refractivity contribution in [3.63, 3.8) is 0 Å². The van der Waals surface area contributed by atoms with Crippen molar-refractivity contribution >= 4 is 0 Å². The smallest absolute Gasteiger partial charge is 0.0832 e. The molecule has 5 nitrogen and oxygen atoms in total. The third-order valence-electron chi connectivity index (χ3n) is 2.89. The molecule has 1 rings (SSSR count). The molecule has 0 amide bonds. The molecule has 0 aromatic carbocycles. The summed E-state index contributed by atoms with van der Waals surface area (Å²) in [4.78, 5) is 0. The van der Waals surface area contributed by atoms with Gasteiger partial charge in [-0.3, -0.25) is 0 Å². The normalized spacial score (nSPS) is 14.1. The van der Waals surface area contributed by atoms with Crippen LogP contribution in [-0.4, -0.2) is 34.8 Å². The highest BCUT2D eigenvalue weighted by molar-refractivity contribution is 5.08. The van der Waals surface area contributed by atoms with Gasteiger partial charge in [-0.25, -0.2) is 4.68 Å². The SMILES string of the molecule is CCCn1nncc1C(NC)C(C)(C)OC. The van der Waals surface area contributed by atoms with Crippen molar-refractivity contribution in [1.82, 2.24) is 20.3 Å². The van der Waals surface area contributed by atoms with Gasteiger partial charge in [0.05, 0.1) is 23.5 Å². The van der Waals surface area contributed by atoms with Gasteiger partial charge in [0.25, 0.3) is 0 Å². The van der Waals surface area contributed by atoms with Crippen LogP contribution in [-0.2, 0) is 11.3 Å². The number of nitrogens with one attached hydrogen (secondary N) is 1. The van der Waals surface area contributed by atoms with Gasteiger partial charge < -0.3 is 10.1 Å². The molecule has 0 saturated carbocycles. The zero-order valence-corrected chi connectivity index (χ0v) is 10.8. The second kappa shape index (κ2) is 5.41. The van der Waals surface area contributed by atoms with Crippen LogP contribution >= 0.6 is 0 Å². The first-order valence-corrected chi connectivity index (χ1v) is 5.67. The minimum atomic E-state index is -0.290. The minimum Gasteiger partial charge on any atom is -0.377 e. The quantitative estimate of drug-likeness (QED) is 0.796. The Morgan fingerprint density at radius 2 is 2.25 bits per heavy atom. The second-order valence-electron chi connectivity index (χ2n) is 4.41. The summed E-state index contributed by atoms with van der Waals surface area (Å²) in [5, 5.41) is 11.3. The fraction of sp³-hybridized carbons (Fsp3) is 0.818. The number of ether oxygens (including phenoxy) is 1. The van der Waals surface area contributed by atoms with E-state index in [0.717, 1.165) is 18.7 Å². The maximum Gasteiger partial charge on any atom is 0.0832 e. The first-order valence-electron chi connectivity index (χ1n) is 5.67. The van der Waals surface area contributed by atoms with Crippen molar-refractivity contribution in [3.8, 4) is 0 Å². The molecule has 1 aromatic rings. The van der Waals surface area contributed by atoms with Crippen LogP contribution in [0, 0.1) is 0 Å². The van der Waals surface area contributed by atoms with E-state index < -0.39 is 0 Å². The van der Waals surface area contributed by atoms with Crippen molar-refractivity contribution in [2.24, 2.45) is 0 Å². The van der Waals surface area contributed by atoms with Crippen LogP contribution in [0.1, 0.15) is 38.9 Å². The molecule has 1 heterocycles. The fourth-order valence-electron chi connectivity index (χ4n) is 1.84. The predicted octanol–water partition coefficient (Wildman–Crippen LogP) is 1.37. The van der Waals surface area contributed by atoms with Gasteiger partial charge in [0.2, 0.25) is 0 Å². The van der Waals surface area contributed by atoms with Gasteiger partial charge >= 0.3 is 0 Å². The molecule has 5 heteroatoms. The Balaban J connectivity index is 2.99. The number of methoxy groups -OCH3 is 1. The molecule has 0 aliphatic heterocycles. The first kappa shape index (κ1) is 13.1. The minimum absolute atomic E-state index is 0.0825. The Hall–Kier alpha value is -0.940. The Labute approximate surface area is 97.2 Å². The molecule has 1 N–H and O–H groups in total. The molecule has 1 unspecified atom stereocenters. The molecule has 0 aliphatic rings. The lowest BCUT2D eigenvalue weighted by Gasteiger charge is -2.32. The van der Waals surface area contributed by atoms with E-state index in [1.54, 1.807) is 13.3 Å². The molecule has 16 heavy (non-hydrogen) atoms. The number of nitrogens with zero attached hydrogens (tertiary/aromatic N) is 3. The van der Waals surface area contributed by atoms with E-state index in [1.165, 1.54) is 0 Å². The average Bonchev–Trinajstić information content (AvgIpc) is 2.68. The van der Waals surface area contributed by atoms with Gasteiger partial charge in [-0.1, -0.05) is 12.1 Å². The summed E-state index contributed by atoms with van der Waals surface area (Å²) in [5.74, 6) is 0. The van der Waals surface area contributed by atoms with E-state index in [1.807, 2.05) is 11.7 Å². The molecule has 0 radical (unpaired) electrons.